The number of rotatable bonds is 3. The molecule has 2 rings (SSSR count). The normalized spacial score (nSPS) is 10.2. The van der Waals surface area contributed by atoms with Crippen LogP contribution in [0.1, 0.15) is 10.4 Å². The third-order valence-electron chi connectivity index (χ3n) is 2.28. The molecule has 0 atom stereocenters. The van der Waals surface area contributed by atoms with Gasteiger partial charge in [0.05, 0.1) is 10.6 Å². The summed E-state index contributed by atoms with van der Waals surface area (Å²) in [5.41, 5.74) is 11.0. The van der Waals surface area contributed by atoms with E-state index in [-0.39, 0.29) is 33.1 Å². The smallest absolute Gasteiger partial charge is 0.252 e. The molecule has 0 saturated heterocycles. The summed E-state index contributed by atoms with van der Waals surface area (Å²) in [6.07, 6.45) is 0. The molecule has 0 aliphatic heterocycles. The zero-order valence-electron chi connectivity index (χ0n) is 9.56. The van der Waals surface area contributed by atoms with Crippen molar-refractivity contribution < 1.29 is 9.53 Å². The van der Waals surface area contributed by atoms with Crippen LogP contribution in [0, 0.1) is 0 Å². The van der Waals surface area contributed by atoms with Crippen LogP contribution in [-0.4, -0.2) is 10.9 Å². The van der Waals surface area contributed by atoms with Crippen LogP contribution >= 0.6 is 23.2 Å². The van der Waals surface area contributed by atoms with Crippen LogP contribution in [0.5, 0.6) is 11.6 Å². The predicted octanol–water partition coefficient (Wildman–Crippen LogP) is 2.86. The van der Waals surface area contributed by atoms with Crippen LogP contribution in [0.2, 0.25) is 10.0 Å². The van der Waals surface area contributed by atoms with Gasteiger partial charge in [0, 0.05) is 0 Å². The van der Waals surface area contributed by atoms with Crippen molar-refractivity contribution in [2.45, 2.75) is 0 Å². The molecule has 1 aromatic heterocycles. The molecule has 0 unspecified atom stereocenters. The van der Waals surface area contributed by atoms with Crippen LogP contribution in [0.4, 0.5) is 5.82 Å². The van der Waals surface area contributed by atoms with Gasteiger partial charge in [-0.15, -0.1) is 0 Å². The summed E-state index contributed by atoms with van der Waals surface area (Å²) in [4.78, 5) is 15.2. The van der Waals surface area contributed by atoms with Gasteiger partial charge < -0.3 is 16.2 Å². The minimum absolute atomic E-state index is 0.0530. The maximum atomic E-state index is 11.3. The zero-order chi connectivity index (χ0) is 14.0. The Morgan fingerprint density at radius 2 is 1.89 bits per heavy atom. The summed E-state index contributed by atoms with van der Waals surface area (Å²) in [7, 11) is 0. The van der Waals surface area contributed by atoms with E-state index in [2.05, 4.69) is 4.98 Å². The molecule has 2 aromatic rings. The third kappa shape index (κ3) is 2.89. The maximum Gasteiger partial charge on any atom is 0.252 e. The van der Waals surface area contributed by atoms with Crippen molar-refractivity contribution in [1.82, 2.24) is 4.98 Å². The Morgan fingerprint density at radius 1 is 1.21 bits per heavy atom. The summed E-state index contributed by atoms with van der Waals surface area (Å²) >= 11 is 11.7. The Bertz CT molecular complexity index is 647. The molecule has 0 aliphatic rings. The van der Waals surface area contributed by atoms with E-state index in [1.54, 1.807) is 18.2 Å². The highest BCUT2D eigenvalue weighted by molar-refractivity contribution is 6.36. The average molecular weight is 298 g/mol. The van der Waals surface area contributed by atoms with Crippen molar-refractivity contribution in [2.24, 2.45) is 5.73 Å². The molecule has 0 saturated carbocycles. The predicted molar refractivity (Wildman–Crippen MR) is 73.7 cm³/mol. The number of pyridine rings is 1. The first-order valence-corrected chi connectivity index (χ1v) is 5.93. The summed E-state index contributed by atoms with van der Waals surface area (Å²) in [5.74, 6) is -0.241. The second kappa shape index (κ2) is 5.34. The fraction of sp³-hybridized carbons (Fsp3) is 0. The minimum Gasteiger partial charge on any atom is -0.437 e. The Morgan fingerprint density at radius 3 is 2.58 bits per heavy atom. The van der Waals surface area contributed by atoms with E-state index >= 15 is 0 Å². The molecule has 0 fully saturated rings. The number of primary amides is 1. The Labute approximate surface area is 119 Å². The van der Waals surface area contributed by atoms with Gasteiger partial charge in [0.1, 0.15) is 16.6 Å². The second-order valence-electron chi connectivity index (χ2n) is 3.60. The number of halogens is 2. The summed E-state index contributed by atoms with van der Waals surface area (Å²) < 4.78 is 5.45. The first-order valence-electron chi connectivity index (χ1n) is 5.17. The van der Waals surface area contributed by atoms with Crippen LogP contribution in [0.3, 0.4) is 0 Å². The van der Waals surface area contributed by atoms with Crippen molar-refractivity contribution in [3.05, 3.63) is 45.9 Å². The van der Waals surface area contributed by atoms with Crippen LogP contribution in [0.15, 0.2) is 30.3 Å². The van der Waals surface area contributed by atoms with Gasteiger partial charge in [0.25, 0.3) is 5.91 Å². The molecule has 0 spiro atoms. The van der Waals surface area contributed by atoms with E-state index in [1.807, 2.05) is 0 Å². The largest absolute Gasteiger partial charge is 0.437 e. The number of hydrogen-bond donors (Lipinski definition) is 2. The monoisotopic (exact) mass is 297 g/mol. The Hall–Kier alpha value is -1.98. The molecule has 0 bridgehead atoms. The van der Waals surface area contributed by atoms with Crippen molar-refractivity contribution in [1.29, 1.82) is 0 Å². The number of anilines is 1. The number of nitrogens with zero attached hydrogens (tertiary/aromatic N) is 1. The number of nitrogens with two attached hydrogens (primary N) is 2. The lowest BCUT2D eigenvalue weighted by molar-refractivity contribution is 0.0998. The molecule has 1 aromatic carbocycles. The van der Waals surface area contributed by atoms with Gasteiger partial charge >= 0.3 is 0 Å². The number of aromatic nitrogens is 1. The van der Waals surface area contributed by atoms with Gasteiger partial charge in [-0.05, 0) is 18.2 Å². The van der Waals surface area contributed by atoms with E-state index < -0.39 is 5.91 Å². The number of benzene rings is 1. The SMILES string of the molecule is NC(=O)c1ccccc1Oc1nc(N)c(Cl)cc1Cl. The highest BCUT2D eigenvalue weighted by Gasteiger charge is 2.13. The van der Waals surface area contributed by atoms with Gasteiger partial charge in [0.15, 0.2) is 0 Å². The molecular formula is C12H9Cl2N3O2. The van der Waals surface area contributed by atoms with E-state index in [9.17, 15) is 4.79 Å². The maximum absolute atomic E-state index is 11.3. The van der Waals surface area contributed by atoms with Crippen molar-refractivity contribution in [3.8, 4) is 11.6 Å². The molecule has 19 heavy (non-hydrogen) atoms. The number of ether oxygens (including phenoxy) is 1. The van der Waals surface area contributed by atoms with Crippen molar-refractivity contribution in [3.63, 3.8) is 0 Å². The molecule has 0 radical (unpaired) electrons. The van der Waals surface area contributed by atoms with E-state index in [4.69, 9.17) is 39.4 Å². The number of para-hydroxylation sites is 1. The molecule has 98 valence electrons. The topological polar surface area (TPSA) is 91.2 Å². The summed E-state index contributed by atoms with van der Waals surface area (Å²) in [6, 6.07) is 7.87. The Kier molecular flexibility index (Phi) is 3.78. The highest BCUT2D eigenvalue weighted by atomic mass is 35.5. The number of amides is 1. The van der Waals surface area contributed by atoms with Crippen LogP contribution < -0.4 is 16.2 Å². The van der Waals surface area contributed by atoms with Gasteiger partial charge in [-0.25, -0.2) is 0 Å². The Balaban J connectivity index is 2.42. The van der Waals surface area contributed by atoms with Crippen molar-refractivity contribution >= 4 is 34.9 Å². The fourth-order valence-corrected chi connectivity index (χ4v) is 1.80. The fourth-order valence-electron chi connectivity index (χ4n) is 1.40. The van der Waals surface area contributed by atoms with E-state index in [1.165, 1.54) is 12.1 Å². The average Bonchev–Trinajstić information content (AvgIpc) is 2.36. The summed E-state index contributed by atoms with van der Waals surface area (Å²) in [6.45, 7) is 0. The molecular weight excluding hydrogens is 289 g/mol. The van der Waals surface area contributed by atoms with E-state index in [0.29, 0.717) is 0 Å². The van der Waals surface area contributed by atoms with Crippen molar-refractivity contribution in [2.75, 3.05) is 5.73 Å². The molecule has 7 heteroatoms. The number of nitrogen functional groups attached to an aromatic ring is 1. The van der Waals surface area contributed by atoms with Crippen LogP contribution in [-0.2, 0) is 0 Å². The van der Waals surface area contributed by atoms with Gasteiger partial charge in [-0.3, -0.25) is 4.79 Å². The van der Waals surface area contributed by atoms with Gasteiger partial charge in [-0.2, -0.15) is 4.98 Å². The van der Waals surface area contributed by atoms with E-state index in [0.717, 1.165) is 0 Å². The highest BCUT2D eigenvalue weighted by Crippen LogP contribution is 2.33. The molecule has 1 heterocycles. The summed E-state index contributed by atoms with van der Waals surface area (Å²) in [5, 5.41) is 0.402. The standard InChI is InChI=1S/C12H9Cl2N3O2/c13-7-5-8(14)12(17-10(7)15)19-9-4-2-1-3-6(9)11(16)18/h1-5H,(H2,15,17)(H2,16,18). The third-order valence-corrected chi connectivity index (χ3v) is 2.86. The number of hydrogen-bond acceptors (Lipinski definition) is 4. The van der Waals surface area contributed by atoms with Gasteiger partial charge in [-0.1, -0.05) is 35.3 Å². The number of carbonyl (C=O) groups excluding carboxylic acids is 1. The van der Waals surface area contributed by atoms with Gasteiger partial charge in [0.2, 0.25) is 5.88 Å². The first-order chi connectivity index (χ1) is 8.99. The minimum atomic E-state index is -0.617. The lowest BCUT2D eigenvalue weighted by Gasteiger charge is -2.10. The lowest BCUT2D eigenvalue weighted by atomic mass is 10.2. The quantitative estimate of drug-likeness (QED) is 0.911. The molecule has 4 N–H and O–H groups in total. The number of carbonyl (C=O) groups is 1. The zero-order valence-corrected chi connectivity index (χ0v) is 11.1. The van der Waals surface area contributed by atoms with Crippen LogP contribution in [0.25, 0.3) is 0 Å². The molecule has 1 amide bonds. The lowest BCUT2D eigenvalue weighted by Crippen LogP contribution is -2.12. The first kappa shape index (κ1) is 13.5. The molecule has 5 nitrogen and oxygen atoms in total. The molecule has 0 aliphatic carbocycles. The second-order valence-corrected chi connectivity index (χ2v) is 4.42.